The number of carbonyl (C=O) groups is 1. The van der Waals surface area contributed by atoms with E-state index < -0.39 is 23.2 Å². The average Bonchev–Trinajstić information content (AvgIpc) is 2.28. The smallest absolute Gasteiger partial charge is 0.446 e. The quantitative estimate of drug-likeness (QED) is 0.516. The molecule has 0 aliphatic heterocycles. The fraction of sp³-hybridized carbons (Fsp3) is 0.200. The van der Waals surface area contributed by atoms with Gasteiger partial charge < -0.3 is 4.74 Å². The van der Waals surface area contributed by atoms with Crippen LogP contribution in [0, 0.1) is 11.3 Å². The summed E-state index contributed by atoms with van der Waals surface area (Å²) >= 11 is 3.41. The number of rotatable bonds is 2. The largest absolute Gasteiger partial charge is 0.465 e. The van der Waals surface area contributed by atoms with E-state index in [0.29, 0.717) is 0 Å². The Balaban J connectivity index is 3.30. The van der Waals surface area contributed by atoms with E-state index in [0.717, 1.165) is 19.2 Å². The molecule has 96 valence electrons. The van der Waals surface area contributed by atoms with Gasteiger partial charge in [-0.15, -0.1) is 12.6 Å². The van der Waals surface area contributed by atoms with Crippen molar-refractivity contribution in [2.45, 2.75) is 15.3 Å². The number of methoxy groups -OCH3 is 1. The summed E-state index contributed by atoms with van der Waals surface area (Å²) < 4.78 is 41.3. The van der Waals surface area contributed by atoms with Crippen molar-refractivity contribution >= 4 is 30.4 Å². The number of ether oxygens (including phenoxy) is 1. The van der Waals surface area contributed by atoms with Crippen LogP contribution >= 0.6 is 24.4 Å². The molecule has 0 saturated heterocycles. The highest BCUT2D eigenvalue weighted by Crippen LogP contribution is 2.41. The maximum atomic E-state index is 12.3. The van der Waals surface area contributed by atoms with Gasteiger partial charge in [0.2, 0.25) is 0 Å². The first kappa shape index (κ1) is 14.7. The van der Waals surface area contributed by atoms with Gasteiger partial charge in [-0.2, -0.15) is 18.4 Å². The van der Waals surface area contributed by atoms with E-state index in [1.54, 1.807) is 6.07 Å². The molecule has 0 aliphatic rings. The zero-order chi connectivity index (χ0) is 13.9. The second kappa shape index (κ2) is 5.54. The molecule has 0 amide bonds. The van der Waals surface area contributed by atoms with E-state index in [9.17, 15) is 18.0 Å². The summed E-state index contributed by atoms with van der Waals surface area (Å²) in [6.45, 7) is 0. The molecule has 1 rings (SSSR count). The minimum absolute atomic E-state index is 0.0226. The Bertz CT molecular complexity index is 523. The van der Waals surface area contributed by atoms with Crippen LogP contribution in [0.4, 0.5) is 13.2 Å². The lowest BCUT2D eigenvalue weighted by Crippen LogP contribution is -2.05. The summed E-state index contributed by atoms with van der Waals surface area (Å²) in [5.74, 6) is -0.745. The highest BCUT2D eigenvalue weighted by molar-refractivity contribution is 8.00. The van der Waals surface area contributed by atoms with Gasteiger partial charge in [0.15, 0.2) is 0 Å². The van der Waals surface area contributed by atoms with Crippen LogP contribution in [0.3, 0.4) is 0 Å². The average molecular weight is 293 g/mol. The van der Waals surface area contributed by atoms with Gasteiger partial charge in [-0.3, -0.25) is 0 Å². The predicted octanol–water partition coefficient (Wildman–Crippen LogP) is 3.25. The number of esters is 1. The Labute approximate surface area is 110 Å². The number of halogens is 3. The van der Waals surface area contributed by atoms with Crippen LogP contribution in [-0.2, 0) is 4.74 Å². The number of carbonyl (C=O) groups excluding carboxylic acids is 1. The molecule has 0 heterocycles. The molecule has 1 aromatic carbocycles. The van der Waals surface area contributed by atoms with Crippen molar-refractivity contribution in [2.75, 3.05) is 7.11 Å². The van der Waals surface area contributed by atoms with Crippen molar-refractivity contribution in [3.63, 3.8) is 0 Å². The Morgan fingerprint density at radius 2 is 2.11 bits per heavy atom. The zero-order valence-corrected chi connectivity index (χ0v) is 10.6. The number of nitriles is 1. The maximum Gasteiger partial charge on any atom is 0.446 e. The standard InChI is InChI=1S/C10H6F3NO2S2/c1-16-9(15)5-2-6(4-14)8(7(17)3-5)18-10(11,12)13/h2-3,17H,1H3. The van der Waals surface area contributed by atoms with Crippen molar-refractivity contribution in [1.82, 2.24) is 0 Å². The first-order valence-corrected chi connectivity index (χ1v) is 5.66. The van der Waals surface area contributed by atoms with Crippen molar-refractivity contribution < 1.29 is 22.7 Å². The molecule has 0 atom stereocenters. The number of thioether (sulfide) groups is 1. The second-order valence-electron chi connectivity index (χ2n) is 3.02. The molecular formula is C10H6F3NO2S2. The van der Waals surface area contributed by atoms with E-state index in [1.165, 1.54) is 0 Å². The number of benzene rings is 1. The lowest BCUT2D eigenvalue weighted by molar-refractivity contribution is -0.0329. The molecular weight excluding hydrogens is 287 g/mol. The van der Waals surface area contributed by atoms with E-state index in [-0.39, 0.29) is 20.9 Å². The summed E-state index contributed by atoms with van der Waals surface area (Å²) in [7, 11) is 1.13. The van der Waals surface area contributed by atoms with Gasteiger partial charge in [0, 0.05) is 9.79 Å². The molecule has 0 saturated carbocycles. The third kappa shape index (κ3) is 3.58. The molecule has 18 heavy (non-hydrogen) atoms. The Kier molecular flexibility index (Phi) is 4.53. The summed E-state index contributed by atoms with van der Waals surface area (Å²) in [6, 6.07) is 3.77. The first-order valence-electron chi connectivity index (χ1n) is 4.39. The van der Waals surface area contributed by atoms with Crippen LogP contribution in [0.1, 0.15) is 15.9 Å². The highest BCUT2D eigenvalue weighted by atomic mass is 32.2. The zero-order valence-electron chi connectivity index (χ0n) is 8.91. The topological polar surface area (TPSA) is 50.1 Å². The fourth-order valence-corrected chi connectivity index (χ4v) is 2.16. The van der Waals surface area contributed by atoms with Crippen LogP contribution < -0.4 is 0 Å². The lowest BCUT2D eigenvalue weighted by atomic mass is 10.1. The van der Waals surface area contributed by atoms with E-state index in [2.05, 4.69) is 17.4 Å². The van der Waals surface area contributed by atoms with Gasteiger partial charge in [-0.25, -0.2) is 4.79 Å². The van der Waals surface area contributed by atoms with E-state index >= 15 is 0 Å². The number of nitrogens with zero attached hydrogens (tertiary/aromatic N) is 1. The maximum absolute atomic E-state index is 12.3. The molecule has 0 N–H and O–H groups in total. The van der Waals surface area contributed by atoms with Crippen LogP contribution in [0.15, 0.2) is 21.9 Å². The van der Waals surface area contributed by atoms with Crippen molar-refractivity contribution in [1.29, 1.82) is 5.26 Å². The third-order valence-electron chi connectivity index (χ3n) is 1.83. The Hall–Kier alpha value is -1.33. The molecule has 8 heteroatoms. The van der Waals surface area contributed by atoms with Gasteiger partial charge in [0.25, 0.3) is 0 Å². The second-order valence-corrected chi connectivity index (χ2v) is 4.58. The first-order chi connectivity index (χ1) is 8.28. The predicted molar refractivity (Wildman–Crippen MR) is 61.7 cm³/mol. The van der Waals surface area contributed by atoms with Gasteiger partial charge in [0.1, 0.15) is 6.07 Å². The molecule has 0 fully saturated rings. The van der Waals surface area contributed by atoms with E-state index in [4.69, 9.17) is 5.26 Å². The molecule has 0 unspecified atom stereocenters. The number of hydrogen-bond acceptors (Lipinski definition) is 5. The van der Waals surface area contributed by atoms with Gasteiger partial charge in [-0.05, 0) is 23.9 Å². The van der Waals surface area contributed by atoms with Crippen molar-refractivity contribution in [3.8, 4) is 6.07 Å². The number of hydrogen-bond donors (Lipinski definition) is 1. The summed E-state index contributed by atoms with van der Waals surface area (Å²) in [5.41, 5.74) is -4.83. The fourth-order valence-electron chi connectivity index (χ4n) is 1.16. The number of alkyl halides is 3. The van der Waals surface area contributed by atoms with Gasteiger partial charge in [-0.1, -0.05) is 0 Å². The molecule has 3 nitrogen and oxygen atoms in total. The minimum atomic E-state index is -4.53. The minimum Gasteiger partial charge on any atom is -0.465 e. The molecule has 1 aromatic rings. The third-order valence-corrected chi connectivity index (χ3v) is 3.21. The summed E-state index contributed by atoms with van der Waals surface area (Å²) in [5, 5.41) is 8.80. The van der Waals surface area contributed by atoms with Crippen LogP contribution in [0.5, 0.6) is 0 Å². The normalized spacial score (nSPS) is 10.9. The highest BCUT2D eigenvalue weighted by Gasteiger charge is 2.32. The SMILES string of the molecule is COC(=O)c1cc(S)c(SC(F)(F)F)c(C#N)c1. The molecule has 0 radical (unpaired) electrons. The Morgan fingerprint density at radius 1 is 1.50 bits per heavy atom. The number of thiol groups is 1. The van der Waals surface area contributed by atoms with Crippen LogP contribution in [0.25, 0.3) is 0 Å². The van der Waals surface area contributed by atoms with Gasteiger partial charge >= 0.3 is 11.5 Å². The molecule has 0 spiro atoms. The van der Waals surface area contributed by atoms with E-state index in [1.807, 2.05) is 0 Å². The molecule has 0 bridgehead atoms. The molecule has 0 aliphatic carbocycles. The van der Waals surface area contributed by atoms with Crippen molar-refractivity contribution in [2.24, 2.45) is 0 Å². The van der Waals surface area contributed by atoms with Crippen molar-refractivity contribution in [3.05, 3.63) is 23.3 Å². The molecule has 0 aromatic heterocycles. The van der Waals surface area contributed by atoms with Gasteiger partial charge in [0.05, 0.1) is 18.2 Å². The lowest BCUT2D eigenvalue weighted by Gasteiger charge is -2.11. The summed E-state index contributed by atoms with van der Waals surface area (Å²) in [4.78, 5) is 10.8. The van der Waals surface area contributed by atoms with Crippen LogP contribution in [-0.4, -0.2) is 18.6 Å². The Morgan fingerprint density at radius 3 is 2.56 bits per heavy atom. The monoisotopic (exact) mass is 293 g/mol. The van der Waals surface area contributed by atoms with Crippen LogP contribution in [0.2, 0.25) is 0 Å². The summed E-state index contributed by atoms with van der Waals surface area (Å²) in [6.07, 6.45) is 0.